The zero-order chi connectivity index (χ0) is 20.2. The van der Waals surface area contributed by atoms with Gasteiger partial charge >= 0.3 is 5.97 Å². The molecule has 4 rings (SSSR count). The molecule has 0 fully saturated rings. The van der Waals surface area contributed by atoms with Gasteiger partial charge in [-0.1, -0.05) is 42.5 Å². The summed E-state index contributed by atoms with van der Waals surface area (Å²) in [6.07, 6.45) is 0. The van der Waals surface area contributed by atoms with Crippen molar-refractivity contribution in [1.82, 2.24) is 0 Å². The summed E-state index contributed by atoms with van der Waals surface area (Å²) in [6.45, 7) is 0.379. The predicted octanol–water partition coefficient (Wildman–Crippen LogP) is 6.21. The molecule has 1 N–H and O–H groups in total. The maximum atomic E-state index is 13.4. The molecule has 0 aliphatic carbocycles. The maximum absolute atomic E-state index is 13.4. The molecule has 0 amide bonds. The van der Waals surface area contributed by atoms with Crippen LogP contribution in [0, 0.1) is 5.82 Å². The number of furan rings is 1. The van der Waals surface area contributed by atoms with Crippen LogP contribution in [0.25, 0.3) is 21.8 Å². The van der Waals surface area contributed by atoms with E-state index in [9.17, 15) is 9.18 Å². The molecule has 0 aliphatic heterocycles. The van der Waals surface area contributed by atoms with Crippen LogP contribution in [0.15, 0.2) is 77.2 Å². The highest BCUT2D eigenvalue weighted by Gasteiger charge is 2.18. The van der Waals surface area contributed by atoms with E-state index < -0.39 is 0 Å². The first-order valence-corrected chi connectivity index (χ1v) is 9.82. The fourth-order valence-electron chi connectivity index (χ4n) is 2.96. The number of esters is 1. The Kier molecular flexibility index (Phi) is 5.44. The molecule has 4 nitrogen and oxygen atoms in total. The SMILES string of the molecule is COC(=O)c1sc(-c2ccccc2)cc1NCc1ccc(-c2cccc(F)c2)o1. The van der Waals surface area contributed by atoms with Crippen molar-refractivity contribution in [2.45, 2.75) is 6.54 Å². The number of hydrogen-bond acceptors (Lipinski definition) is 5. The van der Waals surface area contributed by atoms with Crippen molar-refractivity contribution in [3.8, 4) is 21.8 Å². The van der Waals surface area contributed by atoms with Crippen LogP contribution < -0.4 is 5.32 Å². The summed E-state index contributed by atoms with van der Waals surface area (Å²) in [5.74, 6) is 0.560. The summed E-state index contributed by atoms with van der Waals surface area (Å²) in [7, 11) is 1.37. The predicted molar refractivity (Wildman–Crippen MR) is 113 cm³/mol. The Morgan fingerprint density at radius 3 is 2.59 bits per heavy atom. The molecule has 0 bridgehead atoms. The van der Waals surface area contributed by atoms with Crippen LogP contribution in [0.4, 0.5) is 10.1 Å². The molecule has 0 atom stereocenters. The number of rotatable bonds is 6. The van der Waals surface area contributed by atoms with Gasteiger partial charge in [-0.2, -0.15) is 0 Å². The van der Waals surface area contributed by atoms with Crippen LogP contribution in [0.2, 0.25) is 0 Å². The van der Waals surface area contributed by atoms with Crippen molar-refractivity contribution in [3.05, 3.63) is 89.3 Å². The molecule has 2 aromatic carbocycles. The van der Waals surface area contributed by atoms with Crippen molar-refractivity contribution in [1.29, 1.82) is 0 Å². The van der Waals surface area contributed by atoms with Crippen molar-refractivity contribution < 1.29 is 18.3 Å². The van der Waals surface area contributed by atoms with Crippen molar-refractivity contribution >= 4 is 23.0 Å². The van der Waals surface area contributed by atoms with E-state index in [4.69, 9.17) is 9.15 Å². The number of hydrogen-bond donors (Lipinski definition) is 1. The summed E-state index contributed by atoms with van der Waals surface area (Å²) < 4.78 is 24.2. The van der Waals surface area contributed by atoms with Crippen LogP contribution in [-0.2, 0) is 11.3 Å². The van der Waals surface area contributed by atoms with Gasteiger partial charge in [-0.25, -0.2) is 9.18 Å². The number of benzene rings is 2. The van der Waals surface area contributed by atoms with Crippen LogP contribution in [0.3, 0.4) is 0 Å². The third-order valence-electron chi connectivity index (χ3n) is 4.39. The average molecular weight is 407 g/mol. The second-order valence-electron chi connectivity index (χ2n) is 6.34. The summed E-state index contributed by atoms with van der Waals surface area (Å²) in [5, 5.41) is 3.25. The Bertz CT molecular complexity index is 1130. The Labute approximate surface area is 171 Å². The van der Waals surface area contributed by atoms with E-state index in [-0.39, 0.29) is 11.8 Å². The van der Waals surface area contributed by atoms with E-state index in [1.807, 2.05) is 42.5 Å². The first-order valence-electron chi connectivity index (χ1n) is 9.00. The second kappa shape index (κ2) is 8.32. The Hall–Kier alpha value is -3.38. The highest BCUT2D eigenvalue weighted by atomic mass is 32.1. The van der Waals surface area contributed by atoms with Gasteiger partial charge in [-0.05, 0) is 35.9 Å². The Balaban J connectivity index is 1.55. The van der Waals surface area contributed by atoms with E-state index in [0.717, 1.165) is 10.4 Å². The number of halogens is 1. The molecule has 29 heavy (non-hydrogen) atoms. The van der Waals surface area contributed by atoms with E-state index in [2.05, 4.69) is 5.32 Å². The maximum Gasteiger partial charge on any atom is 0.350 e. The van der Waals surface area contributed by atoms with Gasteiger partial charge in [0.2, 0.25) is 0 Å². The minimum atomic E-state index is -0.389. The van der Waals surface area contributed by atoms with E-state index >= 15 is 0 Å². The summed E-state index contributed by atoms with van der Waals surface area (Å²) in [5.41, 5.74) is 2.39. The molecule has 0 aliphatic rings. The lowest BCUT2D eigenvalue weighted by molar-refractivity contribution is 0.0607. The molecule has 0 saturated carbocycles. The second-order valence-corrected chi connectivity index (χ2v) is 7.39. The van der Waals surface area contributed by atoms with Gasteiger partial charge < -0.3 is 14.5 Å². The number of ether oxygens (including phenoxy) is 1. The fraction of sp³-hybridized carbons (Fsp3) is 0.0870. The standard InChI is InChI=1S/C23H18FNO3S/c1-27-23(26)22-19(13-21(29-22)15-6-3-2-4-7-15)25-14-18-10-11-20(28-18)16-8-5-9-17(24)12-16/h2-13,25H,14H2,1H3. The zero-order valence-electron chi connectivity index (χ0n) is 15.6. The monoisotopic (exact) mass is 407 g/mol. The van der Waals surface area contributed by atoms with Crippen LogP contribution in [0.1, 0.15) is 15.4 Å². The highest BCUT2D eigenvalue weighted by molar-refractivity contribution is 7.18. The third-order valence-corrected chi connectivity index (χ3v) is 5.55. The van der Waals surface area contributed by atoms with E-state index in [1.165, 1.54) is 30.6 Å². The van der Waals surface area contributed by atoms with Gasteiger partial charge in [0.15, 0.2) is 0 Å². The van der Waals surface area contributed by atoms with Crippen LogP contribution >= 0.6 is 11.3 Å². The molecule has 0 radical (unpaired) electrons. The van der Waals surface area contributed by atoms with Crippen LogP contribution in [-0.4, -0.2) is 13.1 Å². The molecule has 0 spiro atoms. The number of carbonyl (C=O) groups excluding carboxylic acids is 1. The Morgan fingerprint density at radius 2 is 1.83 bits per heavy atom. The molecule has 146 valence electrons. The molecule has 0 saturated heterocycles. The van der Waals surface area contributed by atoms with Gasteiger partial charge in [-0.15, -0.1) is 11.3 Å². The van der Waals surface area contributed by atoms with Crippen molar-refractivity contribution in [2.75, 3.05) is 12.4 Å². The summed E-state index contributed by atoms with van der Waals surface area (Å²) in [6, 6.07) is 21.7. The molecule has 0 unspecified atom stereocenters. The Morgan fingerprint density at radius 1 is 1.03 bits per heavy atom. The quantitative estimate of drug-likeness (QED) is 0.386. The van der Waals surface area contributed by atoms with Gasteiger partial charge in [-0.3, -0.25) is 0 Å². The van der Waals surface area contributed by atoms with Crippen LogP contribution in [0.5, 0.6) is 0 Å². The zero-order valence-corrected chi connectivity index (χ0v) is 16.5. The molecule has 4 aromatic rings. The van der Waals surface area contributed by atoms with E-state index in [1.54, 1.807) is 18.2 Å². The minimum Gasteiger partial charge on any atom is -0.465 e. The van der Waals surface area contributed by atoms with Gasteiger partial charge in [0, 0.05) is 10.4 Å². The average Bonchev–Trinajstić information content (AvgIpc) is 3.40. The first kappa shape index (κ1) is 19.0. The molecule has 2 heterocycles. The van der Waals surface area contributed by atoms with Gasteiger partial charge in [0.05, 0.1) is 19.3 Å². The van der Waals surface area contributed by atoms with Crippen molar-refractivity contribution in [2.24, 2.45) is 0 Å². The number of methoxy groups -OCH3 is 1. The van der Waals surface area contributed by atoms with E-state index in [0.29, 0.717) is 34.2 Å². The number of nitrogens with one attached hydrogen (secondary N) is 1. The number of carbonyl (C=O) groups is 1. The van der Waals surface area contributed by atoms with Gasteiger partial charge in [0.1, 0.15) is 22.2 Å². The molecule has 6 heteroatoms. The summed E-state index contributed by atoms with van der Waals surface area (Å²) >= 11 is 1.37. The molecular weight excluding hydrogens is 389 g/mol. The first-order chi connectivity index (χ1) is 14.1. The molecule has 2 aromatic heterocycles. The largest absolute Gasteiger partial charge is 0.465 e. The van der Waals surface area contributed by atoms with Gasteiger partial charge in [0.25, 0.3) is 0 Å². The third kappa shape index (κ3) is 4.22. The fourth-order valence-corrected chi connectivity index (χ4v) is 4.02. The number of anilines is 1. The minimum absolute atomic E-state index is 0.312. The highest BCUT2D eigenvalue weighted by Crippen LogP contribution is 2.35. The summed E-state index contributed by atoms with van der Waals surface area (Å²) in [4.78, 5) is 13.7. The van der Waals surface area contributed by atoms with Crippen molar-refractivity contribution in [3.63, 3.8) is 0 Å². The lowest BCUT2D eigenvalue weighted by atomic mass is 10.2. The lowest BCUT2D eigenvalue weighted by Gasteiger charge is -2.04. The molecular formula is C23H18FNO3S. The topological polar surface area (TPSA) is 51.5 Å². The smallest absolute Gasteiger partial charge is 0.350 e. The lowest BCUT2D eigenvalue weighted by Crippen LogP contribution is -2.04. The normalized spacial score (nSPS) is 10.7. The number of thiophene rings is 1.